The minimum absolute atomic E-state index is 0.0444. The fourth-order valence-electron chi connectivity index (χ4n) is 2.85. The van der Waals surface area contributed by atoms with Crippen LogP contribution in [0.15, 0.2) is 29.1 Å². The summed E-state index contributed by atoms with van der Waals surface area (Å²) in [4.78, 5) is 27.2. The number of carbonyl (C=O) groups excluding carboxylic acids is 1. The van der Waals surface area contributed by atoms with E-state index in [9.17, 15) is 18.0 Å². The Hall–Kier alpha value is -2.15. The van der Waals surface area contributed by atoms with Gasteiger partial charge in [-0.05, 0) is 25.0 Å². The van der Waals surface area contributed by atoms with Gasteiger partial charge in [0.15, 0.2) is 9.84 Å². The second-order valence-corrected chi connectivity index (χ2v) is 7.80. The number of H-pyrrole nitrogens is 1. The summed E-state index contributed by atoms with van der Waals surface area (Å²) in [6.07, 6.45) is 0.388. The number of aromatic amines is 1. The lowest BCUT2D eigenvalue weighted by atomic mass is 10.0. The summed E-state index contributed by atoms with van der Waals surface area (Å²) in [5, 5.41) is 3.46. The number of sulfone groups is 1. The van der Waals surface area contributed by atoms with Crippen LogP contribution < -0.4 is 10.9 Å². The Balaban J connectivity index is 1.96. The number of aromatic nitrogens is 1. The molecule has 7 heteroatoms. The van der Waals surface area contributed by atoms with Crippen LogP contribution in [0.1, 0.15) is 22.3 Å². The predicted molar refractivity (Wildman–Crippen MR) is 83.8 cm³/mol. The van der Waals surface area contributed by atoms with Crippen molar-refractivity contribution in [2.45, 2.75) is 19.4 Å². The molecule has 0 aliphatic carbocycles. The molecule has 1 saturated heterocycles. The number of para-hydroxylation sites is 1. The van der Waals surface area contributed by atoms with E-state index in [4.69, 9.17) is 0 Å². The highest BCUT2D eigenvalue weighted by Gasteiger charge is 2.30. The van der Waals surface area contributed by atoms with Gasteiger partial charge in [0.1, 0.15) is 5.56 Å². The fourth-order valence-corrected chi connectivity index (χ4v) is 4.52. The number of aryl methyl sites for hydroxylation is 1. The molecule has 2 aromatic rings. The van der Waals surface area contributed by atoms with Crippen LogP contribution in [-0.2, 0) is 9.84 Å². The van der Waals surface area contributed by atoms with Crippen molar-refractivity contribution in [1.29, 1.82) is 0 Å². The third kappa shape index (κ3) is 2.64. The van der Waals surface area contributed by atoms with E-state index in [1.165, 1.54) is 0 Å². The second kappa shape index (κ2) is 5.24. The van der Waals surface area contributed by atoms with E-state index < -0.39 is 27.3 Å². The molecule has 0 radical (unpaired) electrons. The Kier molecular flexibility index (Phi) is 3.52. The summed E-state index contributed by atoms with van der Waals surface area (Å²) in [5.41, 5.74) is 0.847. The Morgan fingerprint density at radius 3 is 2.73 bits per heavy atom. The first-order valence-corrected chi connectivity index (χ1v) is 8.82. The minimum atomic E-state index is -3.08. The molecule has 1 atom stereocenters. The number of nitrogens with one attached hydrogen (secondary N) is 2. The molecule has 2 N–H and O–H groups in total. The molecule has 1 fully saturated rings. The molecule has 22 heavy (non-hydrogen) atoms. The number of rotatable bonds is 2. The second-order valence-electron chi connectivity index (χ2n) is 5.57. The van der Waals surface area contributed by atoms with Crippen molar-refractivity contribution < 1.29 is 13.2 Å². The Bertz CT molecular complexity index is 915. The first kappa shape index (κ1) is 14.8. The van der Waals surface area contributed by atoms with Crippen molar-refractivity contribution in [2.24, 2.45) is 0 Å². The largest absolute Gasteiger partial charge is 0.348 e. The van der Waals surface area contributed by atoms with Crippen LogP contribution in [0.2, 0.25) is 0 Å². The average Bonchev–Trinajstić information content (AvgIpc) is 2.78. The van der Waals surface area contributed by atoms with E-state index >= 15 is 0 Å². The van der Waals surface area contributed by atoms with Gasteiger partial charge in [0.05, 0.1) is 11.5 Å². The summed E-state index contributed by atoms with van der Waals surface area (Å²) in [5.74, 6) is -0.513. The maximum Gasteiger partial charge on any atom is 0.261 e. The Labute approximate surface area is 127 Å². The van der Waals surface area contributed by atoms with E-state index in [1.54, 1.807) is 19.1 Å². The molecule has 1 amide bonds. The van der Waals surface area contributed by atoms with Crippen molar-refractivity contribution >= 4 is 26.6 Å². The Morgan fingerprint density at radius 2 is 2.05 bits per heavy atom. The molecule has 0 spiro atoms. The van der Waals surface area contributed by atoms with Crippen molar-refractivity contribution in [1.82, 2.24) is 10.3 Å². The zero-order chi connectivity index (χ0) is 15.9. The van der Waals surface area contributed by atoms with Crippen LogP contribution in [0.25, 0.3) is 10.9 Å². The average molecular weight is 320 g/mol. The molecular weight excluding hydrogens is 304 g/mol. The Morgan fingerprint density at radius 1 is 1.32 bits per heavy atom. The van der Waals surface area contributed by atoms with Crippen LogP contribution in [0.3, 0.4) is 0 Å². The predicted octanol–water partition coefficient (Wildman–Crippen LogP) is 0.753. The highest BCUT2D eigenvalue weighted by Crippen LogP contribution is 2.18. The number of fused-ring (bicyclic) bond motifs is 1. The van der Waals surface area contributed by atoms with Gasteiger partial charge in [-0.1, -0.05) is 18.2 Å². The summed E-state index contributed by atoms with van der Waals surface area (Å²) in [6.45, 7) is 1.72. The SMILES string of the molecule is Cc1c(C(=O)NC2CCS(=O)(=O)C2)c(=O)[nH]c2ccccc12. The van der Waals surface area contributed by atoms with Crippen LogP contribution in [0.4, 0.5) is 0 Å². The minimum Gasteiger partial charge on any atom is -0.348 e. The molecule has 116 valence electrons. The number of hydrogen-bond donors (Lipinski definition) is 2. The molecule has 0 bridgehead atoms. The van der Waals surface area contributed by atoms with Crippen molar-refractivity contribution in [3.8, 4) is 0 Å². The summed E-state index contributed by atoms with van der Waals surface area (Å²) in [6, 6.07) is 6.81. The van der Waals surface area contributed by atoms with Crippen molar-refractivity contribution in [3.05, 3.63) is 45.7 Å². The molecule has 2 heterocycles. The van der Waals surface area contributed by atoms with Gasteiger partial charge >= 0.3 is 0 Å². The number of benzene rings is 1. The third-order valence-electron chi connectivity index (χ3n) is 3.98. The lowest BCUT2D eigenvalue weighted by molar-refractivity contribution is 0.0939. The lowest BCUT2D eigenvalue weighted by Gasteiger charge is -2.13. The summed E-state index contributed by atoms with van der Waals surface area (Å²) >= 11 is 0. The molecule has 1 unspecified atom stereocenters. The standard InChI is InChI=1S/C15H16N2O4S/c1-9-11-4-2-3-5-12(11)17-15(19)13(9)14(18)16-10-6-7-22(20,21)8-10/h2-5,10H,6-8H2,1H3,(H,16,18)(H,17,19). The zero-order valence-corrected chi connectivity index (χ0v) is 12.9. The van der Waals surface area contributed by atoms with Gasteiger partial charge in [-0.2, -0.15) is 0 Å². The van der Waals surface area contributed by atoms with E-state index in [0.717, 1.165) is 5.39 Å². The maximum atomic E-state index is 12.4. The number of hydrogen-bond acceptors (Lipinski definition) is 4. The quantitative estimate of drug-likeness (QED) is 0.853. The third-order valence-corrected chi connectivity index (χ3v) is 5.74. The first-order chi connectivity index (χ1) is 10.4. The zero-order valence-electron chi connectivity index (χ0n) is 12.0. The monoisotopic (exact) mass is 320 g/mol. The van der Waals surface area contributed by atoms with Gasteiger partial charge in [-0.3, -0.25) is 9.59 Å². The van der Waals surface area contributed by atoms with E-state index in [-0.39, 0.29) is 17.1 Å². The fraction of sp³-hybridized carbons (Fsp3) is 0.333. The van der Waals surface area contributed by atoms with Crippen LogP contribution in [-0.4, -0.2) is 36.9 Å². The van der Waals surface area contributed by atoms with Gasteiger partial charge in [-0.25, -0.2) is 8.42 Å². The van der Waals surface area contributed by atoms with E-state index in [2.05, 4.69) is 10.3 Å². The van der Waals surface area contributed by atoms with E-state index in [0.29, 0.717) is 17.5 Å². The normalized spacial score (nSPS) is 20.1. The van der Waals surface area contributed by atoms with Gasteiger partial charge in [-0.15, -0.1) is 0 Å². The molecule has 1 aromatic heterocycles. The smallest absolute Gasteiger partial charge is 0.261 e. The van der Waals surface area contributed by atoms with Crippen molar-refractivity contribution in [2.75, 3.05) is 11.5 Å². The highest BCUT2D eigenvalue weighted by atomic mass is 32.2. The van der Waals surface area contributed by atoms with Crippen LogP contribution in [0.5, 0.6) is 0 Å². The molecule has 6 nitrogen and oxygen atoms in total. The summed E-state index contributed by atoms with van der Waals surface area (Å²) in [7, 11) is -3.08. The maximum absolute atomic E-state index is 12.4. The molecule has 1 aromatic carbocycles. The van der Waals surface area contributed by atoms with Crippen LogP contribution in [0, 0.1) is 6.92 Å². The molecule has 3 rings (SSSR count). The van der Waals surface area contributed by atoms with Gasteiger partial charge in [0.25, 0.3) is 11.5 Å². The van der Waals surface area contributed by atoms with Gasteiger partial charge in [0, 0.05) is 16.9 Å². The number of pyridine rings is 1. The molecular formula is C15H16N2O4S. The first-order valence-electron chi connectivity index (χ1n) is 7.00. The molecule has 1 aliphatic rings. The van der Waals surface area contributed by atoms with Gasteiger partial charge < -0.3 is 10.3 Å². The lowest BCUT2D eigenvalue weighted by Crippen LogP contribution is -2.38. The highest BCUT2D eigenvalue weighted by molar-refractivity contribution is 7.91. The van der Waals surface area contributed by atoms with Gasteiger partial charge in [0.2, 0.25) is 0 Å². The van der Waals surface area contributed by atoms with Crippen LogP contribution >= 0.6 is 0 Å². The number of carbonyl (C=O) groups is 1. The molecule has 1 aliphatic heterocycles. The topological polar surface area (TPSA) is 96.1 Å². The number of amides is 1. The van der Waals surface area contributed by atoms with E-state index in [1.807, 2.05) is 12.1 Å². The summed E-state index contributed by atoms with van der Waals surface area (Å²) < 4.78 is 22.9. The molecule has 0 saturated carbocycles. The van der Waals surface area contributed by atoms with Crippen molar-refractivity contribution in [3.63, 3.8) is 0 Å².